The van der Waals surface area contributed by atoms with Gasteiger partial charge in [0.2, 0.25) is 0 Å². The lowest BCUT2D eigenvalue weighted by molar-refractivity contribution is 0.415. The first-order chi connectivity index (χ1) is 14.5. The fourth-order valence-electron chi connectivity index (χ4n) is 3.36. The van der Waals surface area contributed by atoms with E-state index in [4.69, 9.17) is 9.72 Å². The molecule has 0 radical (unpaired) electrons. The van der Waals surface area contributed by atoms with Gasteiger partial charge in [0.05, 0.1) is 24.6 Å². The van der Waals surface area contributed by atoms with E-state index < -0.39 is 0 Å². The van der Waals surface area contributed by atoms with Crippen LogP contribution in [0.25, 0.3) is 28.0 Å². The molecule has 0 aliphatic rings. The summed E-state index contributed by atoms with van der Waals surface area (Å²) >= 11 is 0. The standard InChI is InChI=1S/C23H23FN4O2/c1-15(2)6-9-27-10-7-16(12-22(27)29)20-8-11-28-23(26-20)19(14-25-28)18-13-17(24)4-5-21(18)30-3/h4-5,7-8,10-15H,6,9H2,1-3H3. The third-order valence-electron chi connectivity index (χ3n) is 5.06. The van der Waals surface area contributed by atoms with Crippen molar-refractivity contribution < 1.29 is 9.13 Å². The summed E-state index contributed by atoms with van der Waals surface area (Å²) in [6.07, 6.45) is 6.15. The summed E-state index contributed by atoms with van der Waals surface area (Å²) in [6, 6.07) is 9.62. The van der Waals surface area contributed by atoms with Crippen molar-refractivity contribution in [3.05, 3.63) is 71.2 Å². The molecule has 3 aromatic heterocycles. The van der Waals surface area contributed by atoms with Crippen LogP contribution in [0.15, 0.2) is 59.8 Å². The van der Waals surface area contributed by atoms with E-state index in [2.05, 4.69) is 18.9 Å². The van der Waals surface area contributed by atoms with Crippen LogP contribution in [0.1, 0.15) is 20.3 Å². The topological polar surface area (TPSA) is 61.4 Å². The van der Waals surface area contributed by atoms with Crippen molar-refractivity contribution in [2.45, 2.75) is 26.8 Å². The van der Waals surface area contributed by atoms with Gasteiger partial charge in [-0.25, -0.2) is 13.9 Å². The molecule has 0 aliphatic heterocycles. The first-order valence-electron chi connectivity index (χ1n) is 9.85. The zero-order chi connectivity index (χ0) is 21.3. The predicted molar refractivity (Wildman–Crippen MR) is 114 cm³/mol. The molecule has 0 amide bonds. The monoisotopic (exact) mass is 406 g/mol. The first kappa shape index (κ1) is 19.8. The van der Waals surface area contributed by atoms with Gasteiger partial charge >= 0.3 is 0 Å². The Kier molecular flexibility index (Phi) is 5.35. The fourth-order valence-corrected chi connectivity index (χ4v) is 3.36. The Balaban J connectivity index is 1.76. The second-order valence-electron chi connectivity index (χ2n) is 7.61. The third kappa shape index (κ3) is 3.83. The minimum atomic E-state index is -0.369. The van der Waals surface area contributed by atoms with Crippen LogP contribution in [0.5, 0.6) is 5.75 Å². The number of fused-ring (bicyclic) bond motifs is 1. The maximum atomic E-state index is 13.9. The molecular weight excluding hydrogens is 383 g/mol. The average molecular weight is 406 g/mol. The van der Waals surface area contributed by atoms with E-state index in [0.717, 1.165) is 12.0 Å². The van der Waals surface area contributed by atoms with Crippen LogP contribution in [0.2, 0.25) is 0 Å². The maximum Gasteiger partial charge on any atom is 0.251 e. The molecule has 0 atom stereocenters. The predicted octanol–water partition coefficient (Wildman–Crippen LogP) is 4.42. The zero-order valence-electron chi connectivity index (χ0n) is 17.2. The highest BCUT2D eigenvalue weighted by Gasteiger charge is 2.15. The Labute approximate surface area is 173 Å². The number of nitrogens with zero attached hydrogens (tertiary/aromatic N) is 4. The quantitative estimate of drug-likeness (QED) is 0.476. The molecule has 4 aromatic rings. The smallest absolute Gasteiger partial charge is 0.251 e. The van der Waals surface area contributed by atoms with Crippen LogP contribution >= 0.6 is 0 Å². The van der Waals surface area contributed by atoms with Crippen molar-refractivity contribution in [1.82, 2.24) is 19.2 Å². The number of benzene rings is 1. The molecule has 0 bridgehead atoms. The lowest BCUT2D eigenvalue weighted by atomic mass is 10.1. The number of ether oxygens (including phenoxy) is 1. The van der Waals surface area contributed by atoms with Crippen LogP contribution in [0.4, 0.5) is 4.39 Å². The highest BCUT2D eigenvalue weighted by atomic mass is 19.1. The molecule has 3 heterocycles. The number of aromatic nitrogens is 4. The minimum absolute atomic E-state index is 0.0599. The van der Waals surface area contributed by atoms with Crippen LogP contribution in [0, 0.1) is 11.7 Å². The Bertz CT molecular complexity index is 1260. The molecule has 30 heavy (non-hydrogen) atoms. The van der Waals surface area contributed by atoms with Crippen molar-refractivity contribution in [2.24, 2.45) is 5.92 Å². The number of methoxy groups -OCH3 is 1. The normalized spacial score (nSPS) is 11.4. The molecular formula is C23H23FN4O2. The molecule has 0 aliphatic carbocycles. The van der Waals surface area contributed by atoms with E-state index in [1.807, 2.05) is 6.07 Å². The van der Waals surface area contributed by atoms with Gasteiger partial charge in [-0.1, -0.05) is 13.8 Å². The summed E-state index contributed by atoms with van der Waals surface area (Å²) in [5.74, 6) is 0.693. The summed E-state index contributed by atoms with van der Waals surface area (Å²) in [5, 5.41) is 4.32. The Morgan fingerprint density at radius 3 is 2.67 bits per heavy atom. The molecule has 4 rings (SSSR count). The first-order valence-corrected chi connectivity index (χ1v) is 9.85. The van der Waals surface area contributed by atoms with Gasteiger partial charge in [0, 0.05) is 36.1 Å². The number of hydrogen-bond acceptors (Lipinski definition) is 4. The minimum Gasteiger partial charge on any atom is -0.496 e. The van der Waals surface area contributed by atoms with E-state index in [0.29, 0.717) is 40.7 Å². The van der Waals surface area contributed by atoms with Crippen molar-refractivity contribution in [2.75, 3.05) is 7.11 Å². The zero-order valence-corrected chi connectivity index (χ0v) is 17.2. The SMILES string of the molecule is COc1ccc(F)cc1-c1cnn2ccc(-c3ccn(CCC(C)C)c(=O)c3)nc12. The molecule has 0 spiro atoms. The number of rotatable bonds is 6. The number of pyridine rings is 1. The molecule has 6 nitrogen and oxygen atoms in total. The molecule has 0 N–H and O–H groups in total. The van der Waals surface area contributed by atoms with E-state index in [1.54, 1.807) is 45.9 Å². The summed E-state index contributed by atoms with van der Waals surface area (Å²) in [6.45, 7) is 4.96. The molecule has 7 heteroatoms. The van der Waals surface area contributed by atoms with Gasteiger partial charge in [-0.05, 0) is 42.7 Å². The fraction of sp³-hybridized carbons (Fsp3) is 0.261. The molecule has 0 saturated heterocycles. The Morgan fingerprint density at radius 1 is 1.10 bits per heavy atom. The van der Waals surface area contributed by atoms with Gasteiger partial charge in [-0.3, -0.25) is 4.79 Å². The highest BCUT2D eigenvalue weighted by Crippen LogP contribution is 2.33. The Hall–Kier alpha value is -3.48. The number of aryl methyl sites for hydroxylation is 1. The molecule has 0 saturated carbocycles. The van der Waals surface area contributed by atoms with Crippen LogP contribution in [-0.4, -0.2) is 26.3 Å². The maximum absolute atomic E-state index is 13.9. The second-order valence-corrected chi connectivity index (χ2v) is 7.61. The largest absolute Gasteiger partial charge is 0.496 e. The van der Waals surface area contributed by atoms with Crippen molar-refractivity contribution >= 4 is 5.65 Å². The highest BCUT2D eigenvalue weighted by molar-refractivity contribution is 5.82. The van der Waals surface area contributed by atoms with E-state index in [1.165, 1.54) is 19.2 Å². The van der Waals surface area contributed by atoms with Crippen molar-refractivity contribution in [3.63, 3.8) is 0 Å². The summed E-state index contributed by atoms with van der Waals surface area (Å²) in [4.78, 5) is 17.2. The second kappa shape index (κ2) is 8.10. The van der Waals surface area contributed by atoms with Gasteiger partial charge in [0.25, 0.3) is 5.56 Å². The third-order valence-corrected chi connectivity index (χ3v) is 5.06. The lowest BCUT2D eigenvalue weighted by Gasteiger charge is -2.09. The van der Waals surface area contributed by atoms with Crippen LogP contribution in [0.3, 0.4) is 0 Å². The number of hydrogen-bond donors (Lipinski definition) is 0. The Morgan fingerprint density at radius 2 is 1.93 bits per heavy atom. The van der Waals surface area contributed by atoms with E-state index >= 15 is 0 Å². The van der Waals surface area contributed by atoms with Gasteiger partial charge in [-0.2, -0.15) is 5.10 Å². The summed E-state index contributed by atoms with van der Waals surface area (Å²) in [5.41, 5.74) is 3.09. The van der Waals surface area contributed by atoms with Gasteiger partial charge in [0.1, 0.15) is 11.6 Å². The van der Waals surface area contributed by atoms with Crippen molar-refractivity contribution in [1.29, 1.82) is 0 Å². The average Bonchev–Trinajstić information content (AvgIpc) is 3.15. The van der Waals surface area contributed by atoms with Crippen molar-refractivity contribution in [3.8, 4) is 28.1 Å². The number of halogens is 1. The summed E-state index contributed by atoms with van der Waals surface area (Å²) < 4.78 is 22.6. The van der Waals surface area contributed by atoms with Gasteiger partial charge in [-0.15, -0.1) is 0 Å². The van der Waals surface area contributed by atoms with E-state index in [-0.39, 0.29) is 11.4 Å². The lowest BCUT2D eigenvalue weighted by Crippen LogP contribution is -2.19. The molecule has 0 unspecified atom stereocenters. The van der Waals surface area contributed by atoms with Crippen LogP contribution in [-0.2, 0) is 6.54 Å². The van der Waals surface area contributed by atoms with Gasteiger partial charge < -0.3 is 9.30 Å². The molecule has 154 valence electrons. The van der Waals surface area contributed by atoms with E-state index in [9.17, 15) is 9.18 Å². The van der Waals surface area contributed by atoms with Gasteiger partial charge in [0.15, 0.2) is 5.65 Å². The molecule has 1 aromatic carbocycles. The van der Waals surface area contributed by atoms with Crippen LogP contribution < -0.4 is 10.3 Å². The molecule has 0 fully saturated rings. The summed E-state index contributed by atoms with van der Waals surface area (Å²) in [7, 11) is 1.54.